The van der Waals surface area contributed by atoms with E-state index in [1.807, 2.05) is 17.9 Å². The van der Waals surface area contributed by atoms with Crippen LogP contribution in [0.1, 0.15) is 17.3 Å². The number of esters is 1. The number of benzene rings is 1. The van der Waals surface area contributed by atoms with Crippen molar-refractivity contribution in [2.24, 2.45) is 0 Å². The largest absolute Gasteiger partial charge is 0.443 e. The van der Waals surface area contributed by atoms with E-state index in [0.29, 0.717) is 12.3 Å². The summed E-state index contributed by atoms with van der Waals surface area (Å²) in [7, 11) is 0. The molecule has 0 amide bonds. The molecule has 0 unspecified atom stereocenters. The van der Waals surface area contributed by atoms with Crippen LogP contribution in [0.25, 0.3) is 0 Å². The van der Waals surface area contributed by atoms with Crippen molar-refractivity contribution in [3.05, 3.63) is 48.0 Å². The summed E-state index contributed by atoms with van der Waals surface area (Å²) in [5, 5.41) is 0. The lowest BCUT2D eigenvalue weighted by Gasteiger charge is -2.07. The topological polar surface area (TPSA) is 38.8 Å². The quantitative estimate of drug-likeness (QED) is 0.728. The second-order valence-corrected chi connectivity index (χ2v) is 3.38. The number of rotatable bonds is 3. The van der Waals surface area contributed by atoms with Gasteiger partial charge in [0.25, 0.3) is 0 Å². The van der Waals surface area contributed by atoms with E-state index in [2.05, 4.69) is 0 Å². The molecule has 0 bridgehead atoms. The molecular weight excluding hydrogens is 206 g/mol. The van der Waals surface area contributed by atoms with E-state index in [1.165, 1.54) is 0 Å². The predicted octanol–water partition coefficient (Wildman–Crippen LogP) is 1.95. The van der Waals surface area contributed by atoms with Gasteiger partial charge in [-0.2, -0.15) is 0 Å². The van der Waals surface area contributed by atoms with Crippen LogP contribution in [-0.2, 0) is 9.47 Å². The molecule has 2 rings (SSSR count). The summed E-state index contributed by atoms with van der Waals surface area (Å²) in [6.07, 6.45) is 1.70. The summed E-state index contributed by atoms with van der Waals surface area (Å²) in [4.78, 5) is 13.5. The molecule has 1 aliphatic rings. The average molecular weight is 219 g/mol. The fourth-order valence-corrected chi connectivity index (χ4v) is 1.33. The van der Waals surface area contributed by atoms with Crippen molar-refractivity contribution in [1.29, 1.82) is 0 Å². The minimum absolute atomic E-state index is 0.260. The van der Waals surface area contributed by atoms with Crippen molar-refractivity contribution in [3.8, 4) is 0 Å². The molecule has 0 fully saturated rings. The molecule has 1 aromatic rings. The van der Waals surface area contributed by atoms with Crippen LogP contribution in [0.5, 0.6) is 0 Å². The Balaban J connectivity index is 1.99. The maximum absolute atomic E-state index is 11.6. The zero-order chi connectivity index (χ0) is 11.4. The van der Waals surface area contributed by atoms with Crippen molar-refractivity contribution in [3.63, 3.8) is 0 Å². The summed E-state index contributed by atoms with van der Waals surface area (Å²) in [6.45, 7) is 3.27. The van der Waals surface area contributed by atoms with Gasteiger partial charge in [-0.25, -0.2) is 4.79 Å². The van der Waals surface area contributed by atoms with Gasteiger partial charge in [-0.3, -0.25) is 0 Å². The predicted molar refractivity (Wildman–Crippen MR) is 58.3 cm³/mol. The number of carbonyl (C=O) groups excluding carboxylic acids is 1. The Bertz CT molecular complexity index is 400. The maximum Gasteiger partial charge on any atom is 0.345 e. The lowest BCUT2D eigenvalue weighted by atomic mass is 10.2. The highest BCUT2D eigenvalue weighted by Gasteiger charge is 2.17. The zero-order valence-electron chi connectivity index (χ0n) is 9.05. The number of ether oxygens (including phenoxy) is 2. The molecule has 4 nitrogen and oxygen atoms in total. The van der Waals surface area contributed by atoms with Crippen molar-refractivity contribution >= 4 is 5.97 Å². The SMILES string of the molecule is CCN1C=C(OC(=O)c2ccccc2)OC1. The van der Waals surface area contributed by atoms with E-state index < -0.39 is 5.97 Å². The zero-order valence-corrected chi connectivity index (χ0v) is 9.05. The summed E-state index contributed by atoms with van der Waals surface area (Å²) < 4.78 is 10.3. The Hall–Kier alpha value is -1.97. The summed E-state index contributed by atoms with van der Waals surface area (Å²) in [5.74, 6) is -0.138. The molecule has 0 aliphatic carbocycles. The minimum atomic E-state index is -0.398. The fourth-order valence-electron chi connectivity index (χ4n) is 1.33. The van der Waals surface area contributed by atoms with Gasteiger partial charge in [0.1, 0.15) is 0 Å². The molecule has 84 valence electrons. The normalized spacial score (nSPS) is 14.3. The smallest absolute Gasteiger partial charge is 0.345 e. The number of nitrogens with zero attached hydrogens (tertiary/aromatic N) is 1. The molecule has 1 aromatic carbocycles. The van der Waals surface area contributed by atoms with Crippen LogP contribution in [0, 0.1) is 0 Å². The van der Waals surface area contributed by atoms with Gasteiger partial charge in [-0.05, 0) is 19.1 Å². The summed E-state index contributed by atoms with van der Waals surface area (Å²) in [6, 6.07) is 8.84. The third-order valence-electron chi connectivity index (χ3n) is 2.27. The highest BCUT2D eigenvalue weighted by molar-refractivity contribution is 5.89. The van der Waals surface area contributed by atoms with Crippen LogP contribution in [0.3, 0.4) is 0 Å². The standard InChI is InChI=1S/C12H13NO3/c1-2-13-8-11(15-9-13)16-12(14)10-6-4-3-5-7-10/h3-8H,2,9H2,1H3. The third-order valence-corrected chi connectivity index (χ3v) is 2.27. The van der Waals surface area contributed by atoms with E-state index >= 15 is 0 Å². The van der Waals surface area contributed by atoms with Gasteiger partial charge in [0, 0.05) is 6.54 Å². The Morgan fingerprint density at radius 3 is 2.81 bits per heavy atom. The van der Waals surface area contributed by atoms with Crippen LogP contribution >= 0.6 is 0 Å². The minimum Gasteiger partial charge on any atom is -0.443 e. The average Bonchev–Trinajstić information content (AvgIpc) is 2.78. The first-order valence-corrected chi connectivity index (χ1v) is 5.15. The molecule has 0 N–H and O–H groups in total. The Labute approximate surface area is 94.1 Å². The van der Waals surface area contributed by atoms with Crippen LogP contribution in [0.4, 0.5) is 0 Å². The molecule has 0 radical (unpaired) electrons. The van der Waals surface area contributed by atoms with Gasteiger partial charge in [0.15, 0.2) is 6.73 Å². The van der Waals surface area contributed by atoms with Gasteiger partial charge in [0.2, 0.25) is 0 Å². The van der Waals surface area contributed by atoms with Crippen LogP contribution in [0.2, 0.25) is 0 Å². The van der Waals surface area contributed by atoms with E-state index in [-0.39, 0.29) is 5.95 Å². The van der Waals surface area contributed by atoms with Gasteiger partial charge in [-0.1, -0.05) is 18.2 Å². The van der Waals surface area contributed by atoms with Crippen molar-refractivity contribution in [1.82, 2.24) is 4.90 Å². The molecule has 0 saturated heterocycles. The fraction of sp³-hybridized carbons (Fsp3) is 0.250. The molecule has 4 heteroatoms. The molecular formula is C12H13NO3. The number of carbonyl (C=O) groups is 1. The number of hydrogen-bond donors (Lipinski definition) is 0. The van der Waals surface area contributed by atoms with E-state index in [0.717, 1.165) is 6.54 Å². The molecule has 0 saturated carbocycles. The highest BCUT2D eigenvalue weighted by atomic mass is 16.7. The molecule has 0 atom stereocenters. The first-order valence-electron chi connectivity index (χ1n) is 5.15. The Morgan fingerprint density at radius 2 is 2.19 bits per heavy atom. The van der Waals surface area contributed by atoms with Crippen molar-refractivity contribution < 1.29 is 14.3 Å². The monoisotopic (exact) mass is 219 g/mol. The van der Waals surface area contributed by atoms with E-state index in [9.17, 15) is 4.79 Å². The van der Waals surface area contributed by atoms with Gasteiger partial charge < -0.3 is 14.4 Å². The van der Waals surface area contributed by atoms with Crippen LogP contribution < -0.4 is 0 Å². The van der Waals surface area contributed by atoms with E-state index in [4.69, 9.17) is 9.47 Å². The van der Waals surface area contributed by atoms with Gasteiger partial charge >= 0.3 is 11.9 Å². The van der Waals surface area contributed by atoms with Crippen LogP contribution in [-0.4, -0.2) is 24.1 Å². The van der Waals surface area contributed by atoms with Crippen molar-refractivity contribution in [2.45, 2.75) is 6.92 Å². The highest BCUT2D eigenvalue weighted by Crippen LogP contribution is 2.14. The molecule has 0 aromatic heterocycles. The lowest BCUT2D eigenvalue weighted by Crippen LogP contribution is -2.13. The second kappa shape index (κ2) is 4.70. The first-order chi connectivity index (χ1) is 7.79. The van der Waals surface area contributed by atoms with Gasteiger partial charge in [-0.15, -0.1) is 0 Å². The first kappa shape index (κ1) is 10.5. The van der Waals surface area contributed by atoms with Crippen molar-refractivity contribution in [2.75, 3.05) is 13.3 Å². The molecule has 16 heavy (non-hydrogen) atoms. The lowest BCUT2D eigenvalue weighted by molar-refractivity contribution is 0.0261. The van der Waals surface area contributed by atoms with Gasteiger partial charge in [0.05, 0.1) is 11.8 Å². The second-order valence-electron chi connectivity index (χ2n) is 3.38. The molecule has 1 aliphatic heterocycles. The molecule has 1 heterocycles. The van der Waals surface area contributed by atoms with Crippen LogP contribution in [0.15, 0.2) is 42.5 Å². The maximum atomic E-state index is 11.6. The third kappa shape index (κ3) is 2.34. The number of hydrogen-bond acceptors (Lipinski definition) is 4. The molecule has 0 spiro atoms. The van der Waals surface area contributed by atoms with E-state index in [1.54, 1.807) is 30.5 Å². The Kier molecular flexibility index (Phi) is 3.10. The summed E-state index contributed by atoms with van der Waals surface area (Å²) >= 11 is 0. The Morgan fingerprint density at radius 1 is 1.44 bits per heavy atom. The summed E-state index contributed by atoms with van der Waals surface area (Å²) in [5.41, 5.74) is 0.516.